The molecule has 7 nitrogen and oxygen atoms in total. The Balaban J connectivity index is 1.45. The van der Waals surface area contributed by atoms with Gasteiger partial charge in [0, 0.05) is 23.4 Å². The van der Waals surface area contributed by atoms with E-state index >= 15 is 0 Å². The lowest BCUT2D eigenvalue weighted by molar-refractivity contribution is 0.0596. The van der Waals surface area contributed by atoms with Gasteiger partial charge in [-0.1, -0.05) is 17.7 Å². The molecule has 0 aliphatic rings. The van der Waals surface area contributed by atoms with Gasteiger partial charge < -0.3 is 18.3 Å². The molecule has 158 valence electrons. The molecule has 4 aromatic rings. The quantitative estimate of drug-likeness (QED) is 0.336. The fourth-order valence-electron chi connectivity index (χ4n) is 3.18. The molecule has 0 radical (unpaired) electrons. The SMILES string of the molecule is COC(=O)c1cc2ccc(OCCc3nc(-c4ccc(C)cc4)oc3C)cc2oc1=O. The van der Waals surface area contributed by atoms with Crippen LogP contribution in [0.4, 0.5) is 0 Å². The summed E-state index contributed by atoms with van der Waals surface area (Å²) in [5, 5.41) is 0.599. The van der Waals surface area contributed by atoms with Crippen LogP contribution >= 0.6 is 0 Å². The van der Waals surface area contributed by atoms with Gasteiger partial charge in [0.25, 0.3) is 0 Å². The molecular formula is C24H21NO6. The third-order valence-electron chi connectivity index (χ3n) is 4.91. The summed E-state index contributed by atoms with van der Waals surface area (Å²) in [7, 11) is 1.21. The van der Waals surface area contributed by atoms with Crippen molar-refractivity contribution in [2.75, 3.05) is 13.7 Å². The van der Waals surface area contributed by atoms with Crippen LogP contribution in [0.3, 0.4) is 0 Å². The third kappa shape index (κ3) is 4.35. The average molecular weight is 419 g/mol. The van der Waals surface area contributed by atoms with Crippen LogP contribution in [0.15, 0.2) is 62.2 Å². The molecule has 0 amide bonds. The summed E-state index contributed by atoms with van der Waals surface area (Å²) >= 11 is 0. The number of carbonyl (C=O) groups is 1. The maximum absolute atomic E-state index is 12.0. The molecule has 7 heteroatoms. The Morgan fingerprint density at radius 3 is 2.55 bits per heavy atom. The molecule has 0 bridgehead atoms. The minimum Gasteiger partial charge on any atom is -0.493 e. The van der Waals surface area contributed by atoms with Crippen molar-refractivity contribution >= 4 is 16.9 Å². The van der Waals surface area contributed by atoms with Crippen molar-refractivity contribution in [1.29, 1.82) is 0 Å². The molecule has 2 heterocycles. The summed E-state index contributed by atoms with van der Waals surface area (Å²) in [5.74, 6) is 1.14. The molecule has 0 saturated carbocycles. The van der Waals surface area contributed by atoms with Crippen LogP contribution in [-0.2, 0) is 11.2 Å². The Kier molecular flexibility index (Phi) is 5.58. The molecule has 2 aromatic carbocycles. The van der Waals surface area contributed by atoms with E-state index < -0.39 is 11.6 Å². The van der Waals surface area contributed by atoms with Gasteiger partial charge >= 0.3 is 11.6 Å². The van der Waals surface area contributed by atoms with Gasteiger partial charge in [0.05, 0.1) is 19.4 Å². The average Bonchev–Trinajstić information content (AvgIpc) is 3.13. The number of nitrogens with zero attached hydrogens (tertiary/aromatic N) is 1. The highest BCUT2D eigenvalue weighted by atomic mass is 16.5. The van der Waals surface area contributed by atoms with Crippen molar-refractivity contribution in [3.63, 3.8) is 0 Å². The fourth-order valence-corrected chi connectivity index (χ4v) is 3.18. The summed E-state index contributed by atoms with van der Waals surface area (Å²) in [6.45, 7) is 4.28. The van der Waals surface area contributed by atoms with Crippen LogP contribution < -0.4 is 10.4 Å². The molecule has 4 rings (SSSR count). The van der Waals surface area contributed by atoms with Gasteiger partial charge in [0.1, 0.15) is 22.7 Å². The van der Waals surface area contributed by atoms with Crippen molar-refractivity contribution in [3.05, 3.63) is 81.5 Å². The molecule has 31 heavy (non-hydrogen) atoms. The zero-order chi connectivity index (χ0) is 22.0. The standard InChI is InChI=1S/C24H21NO6/c1-14-4-6-16(7-5-14)22-25-20(15(2)30-22)10-11-29-18-9-8-17-12-19(23(26)28-3)24(27)31-21(17)13-18/h4-9,12-13H,10-11H2,1-3H3. The normalized spacial score (nSPS) is 10.9. The Bertz CT molecular complexity index is 1300. The number of hydrogen-bond donors (Lipinski definition) is 0. The maximum atomic E-state index is 12.0. The highest BCUT2D eigenvalue weighted by Gasteiger charge is 2.15. The van der Waals surface area contributed by atoms with Crippen molar-refractivity contribution in [2.24, 2.45) is 0 Å². The zero-order valence-electron chi connectivity index (χ0n) is 17.4. The predicted octanol–water partition coefficient (Wildman–Crippen LogP) is 4.47. The Labute approximate surface area is 178 Å². The largest absolute Gasteiger partial charge is 0.493 e. The van der Waals surface area contributed by atoms with Crippen molar-refractivity contribution in [1.82, 2.24) is 4.98 Å². The van der Waals surface area contributed by atoms with Crippen molar-refractivity contribution in [3.8, 4) is 17.2 Å². The van der Waals surface area contributed by atoms with Crippen molar-refractivity contribution < 1.29 is 23.1 Å². The number of methoxy groups -OCH3 is 1. The molecule has 0 fully saturated rings. The lowest BCUT2D eigenvalue weighted by Gasteiger charge is -2.06. The van der Waals surface area contributed by atoms with Crippen LogP contribution in [0.5, 0.6) is 5.75 Å². The summed E-state index contributed by atoms with van der Waals surface area (Å²) in [6.07, 6.45) is 0.560. The van der Waals surface area contributed by atoms with Crippen molar-refractivity contribution in [2.45, 2.75) is 20.3 Å². The Hall–Kier alpha value is -3.87. The summed E-state index contributed by atoms with van der Waals surface area (Å²) in [5.41, 5.74) is 2.36. The molecule has 0 N–H and O–H groups in total. The van der Waals surface area contributed by atoms with Gasteiger partial charge in [-0.05, 0) is 44.2 Å². The summed E-state index contributed by atoms with van der Waals surface area (Å²) < 4.78 is 21.4. The molecule has 0 spiro atoms. The molecule has 0 atom stereocenters. The van der Waals surface area contributed by atoms with Gasteiger partial charge in [-0.15, -0.1) is 0 Å². The molecule has 0 aliphatic heterocycles. The second-order valence-electron chi connectivity index (χ2n) is 7.13. The molecule has 0 unspecified atom stereocenters. The van der Waals surface area contributed by atoms with E-state index in [2.05, 4.69) is 9.72 Å². The van der Waals surface area contributed by atoms with Crippen LogP contribution in [-0.4, -0.2) is 24.7 Å². The van der Waals surface area contributed by atoms with Gasteiger partial charge in [-0.3, -0.25) is 0 Å². The second-order valence-corrected chi connectivity index (χ2v) is 7.13. The highest BCUT2D eigenvalue weighted by Crippen LogP contribution is 2.24. The van der Waals surface area contributed by atoms with Gasteiger partial charge in [0.2, 0.25) is 5.89 Å². The summed E-state index contributed by atoms with van der Waals surface area (Å²) in [6, 6.07) is 14.5. The van der Waals surface area contributed by atoms with E-state index in [0.717, 1.165) is 17.0 Å². The first-order chi connectivity index (χ1) is 14.9. The van der Waals surface area contributed by atoms with Crippen LogP contribution in [0.25, 0.3) is 22.4 Å². The van der Waals surface area contributed by atoms with Gasteiger partial charge in [-0.2, -0.15) is 0 Å². The number of ether oxygens (including phenoxy) is 2. The van der Waals surface area contributed by atoms with E-state index in [4.69, 9.17) is 13.6 Å². The number of hydrogen-bond acceptors (Lipinski definition) is 7. The zero-order valence-corrected chi connectivity index (χ0v) is 17.4. The Morgan fingerprint density at radius 1 is 1.03 bits per heavy atom. The fraction of sp³-hybridized carbons (Fsp3) is 0.208. The lowest BCUT2D eigenvalue weighted by atomic mass is 10.1. The highest BCUT2D eigenvalue weighted by molar-refractivity contribution is 5.92. The number of aryl methyl sites for hydroxylation is 2. The van der Waals surface area contributed by atoms with E-state index in [-0.39, 0.29) is 5.56 Å². The molecular weight excluding hydrogens is 398 g/mol. The number of rotatable bonds is 6. The first-order valence-corrected chi connectivity index (χ1v) is 9.77. The lowest BCUT2D eigenvalue weighted by Crippen LogP contribution is -2.14. The van der Waals surface area contributed by atoms with Crippen LogP contribution in [0.1, 0.15) is 27.4 Å². The van der Waals surface area contributed by atoms with Crippen LogP contribution in [0, 0.1) is 13.8 Å². The topological polar surface area (TPSA) is 91.8 Å². The minimum absolute atomic E-state index is 0.144. The Morgan fingerprint density at radius 2 is 1.81 bits per heavy atom. The first kappa shape index (κ1) is 20.4. The van der Waals surface area contributed by atoms with E-state index in [1.807, 2.05) is 38.1 Å². The van der Waals surface area contributed by atoms with Gasteiger partial charge in [-0.25, -0.2) is 14.6 Å². The van der Waals surface area contributed by atoms with E-state index in [1.54, 1.807) is 18.2 Å². The summed E-state index contributed by atoms with van der Waals surface area (Å²) in [4.78, 5) is 28.2. The molecule has 2 aromatic heterocycles. The number of oxazole rings is 1. The number of benzene rings is 2. The van der Waals surface area contributed by atoms with Gasteiger partial charge in [0.15, 0.2) is 0 Å². The number of esters is 1. The smallest absolute Gasteiger partial charge is 0.351 e. The maximum Gasteiger partial charge on any atom is 0.351 e. The second kappa shape index (κ2) is 8.47. The monoisotopic (exact) mass is 419 g/mol. The van der Waals surface area contributed by atoms with E-state index in [1.165, 1.54) is 18.7 Å². The van der Waals surface area contributed by atoms with Crippen LogP contribution in [0.2, 0.25) is 0 Å². The van der Waals surface area contributed by atoms with E-state index in [9.17, 15) is 9.59 Å². The number of carbonyl (C=O) groups excluding carboxylic acids is 1. The number of fused-ring (bicyclic) bond motifs is 1. The molecule has 0 aliphatic carbocycles. The first-order valence-electron chi connectivity index (χ1n) is 9.77. The van der Waals surface area contributed by atoms with E-state index in [0.29, 0.717) is 35.6 Å². The molecule has 0 saturated heterocycles. The third-order valence-corrected chi connectivity index (χ3v) is 4.91. The predicted molar refractivity (Wildman–Crippen MR) is 114 cm³/mol. The minimum atomic E-state index is -0.752. The number of aromatic nitrogens is 1.